The number of ether oxygens (including phenoxy) is 4. The van der Waals surface area contributed by atoms with Crippen LogP contribution < -0.4 is 16.2 Å². The molecule has 0 heterocycles. The van der Waals surface area contributed by atoms with Crippen LogP contribution in [0.1, 0.15) is 52.2 Å². The Morgan fingerprint density at radius 2 is 1.34 bits per heavy atom. The van der Waals surface area contributed by atoms with Crippen molar-refractivity contribution in [1.82, 2.24) is 0 Å². The Labute approximate surface area is 208 Å². The van der Waals surface area contributed by atoms with Crippen molar-refractivity contribution >= 4 is 18.2 Å². The third-order valence-corrected chi connectivity index (χ3v) is 3.64. The summed E-state index contributed by atoms with van der Waals surface area (Å²) in [5.41, 5.74) is 11.1. The number of esters is 1. The van der Waals surface area contributed by atoms with E-state index in [2.05, 4.69) is 14.2 Å². The molecule has 0 radical (unpaired) electrons. The van der Waals surface area contributed by atoms with Gasteiger partial charge in [0.25, 0.3) is 0 Å². The number of primary amides is 2. The number of amides is 2. The van der Waals surface area contributed by atoms with Crippen molar-refractivity contribution in [2.45, 2.75) is 59.7 Å². The van der Waals surface area contributed by atoms with Gasteiger partial charge in [0.1, 0.15) is 18.0 Å². The molecule has 0 aliphatic heterocycles. The molecule has 0 spiro atoms. The van der Waals surface area contributed by atoms with Crippen LogP contribution in [0.3, 0.4) is 0 Å². The van der Waals surface area contributed by atoms with Gasteiger partial charge in [-0.25, -0.2) is 9.59 Å². The summed E-state index contributed by atoms with van der Waals surface area (Å²) >= 11 is 0. The number of hydrogen-bond donors (Lipinski definition) is 2. The van der Waals surface area contributed by atoms with Crippen molar-refractivity contribution in [2.75, 3.05) is 14.2 Å². The fourth-order valence-corrected chi connectivity index (χ4v) is 2.17. The average molecular weight is 493 g/mol. The lowest BCUT2D eigenvalue weighted by atomic mass is 10.1. The van der Waals surface area contributed by atoms with Gasteiger partial charge in [-0.3, -0.25) is 4.79 Å². The predicted octanol–water partition coefficient (Wildman–Crippen LogP) is 4.99. The molecule has 35 heavy (non-hydrogen) atoms. The Morgan fingerprint density at radius 1 is 0.800 bits per heavy atom. The molecule has 0 aliphatic carbocycles. The SMILES string of the molecule is CC.CC(C)(C)OC(N)=O.COC(=O)CCc1ccc(OC)cc1.NC(=O)OCc1ccccc1. The Balaban J connectivity index is 0. The van der Waals surface area contributed by atoms with Gasteiger partial charge < -0.3 is 30.4 Å². The summed E-state index contributed by atoms with van der Waals surface area (Å²) in [6.45, 7) is 9.53. The number of hydrogen-bond acceptors (Lipinski definition) is 7. The molecule has 2 aromatic rings. The molecule has 9 heteroatoms. The number of carbonyl (C=O) groups is 3. The van der Waals surface area contributed by atoms with E-state index in [4.69, 9.17) is 16.2 Å². The molecule has 0 saturated heterocycles. The Hall–Kier alpha value is -3.75. The highest BCUT2D eigenvalue weighted by Crippen LogP contribution is 2.12. The highest BCUT2D eigenvalue weighted by Gasteiger charge is 2.12. The van der Waals surface area contributed by atoms with Gasteiger partial charge in [0, 0.05) is 6.42 Å². The summed E-state index contributed by atoms with van der Waals surface area (Å²) in [7, 11) is 3.03. The van der Waals surface area contributed by atoms with Gasteiger partial charge in [0.2, 0.25) is 0 Å². The van der Waals surface area contributed by atoms with Crippen LogP contribution in [0.5, 0.6) is 5.75 Å². The molecule has 9 nitrogen and oxygen atoms in total. The first kappa shape index (κ1) is 33.4. The Kier molecular flexibility index (Phi) is 18.8. The van der Waals surface area contributed by atoms with Crippen LogP contribution in [0.25, 0.3) is 0 Å². The lowest BCUT2D eigenvalue weighted by Crippen LogP contribution is -2.27. The van der Waals surface area contributed by atoms with Gasteiger partial charge in [0.05, 0.1) is 14.2 Å². The summed E-state index contributed by atoms with van der Waals surface area (Å²) < 4.78 is 18.7. The quantitative estimate of drug-likeness (QED) is 0.427. The first-order valence-electron chi connectivity index (χ1n) is 11.1. The van der Waals surface area contributed by atoms with E-state index in [-0.39, 0.29) is 12.6 Å². The van der Waals surface area contributed by atoms with Crippen LogP contribution in [0.2, 0.25) is 0 Å². The standard InChI is InChI=1S/C11H14O3.C8H9NO2.C5H11NO2.C2H6/c1-13-10-6-3-9(4-7-10)5-8-11(12)14-2;9-8(10)11-6-7-4-2-1-3-5-7;1-5(2,3)8-4(6)7;1-2/h3-4,6-7H,5,8H2,1-2H3;1-5H,6H2,(H2,9,10);1-3H3,(H2,6,7);1-2H3. The second-order valence-electron chi connectivity index (χ2n) is 7.55. The van der Waals surface area contributed by atoms with Crippen LogP contribution in [0, 0.1) is 0 Å². The van der Waals surface area contributed by atoms with Crippen molar-refractivity contribution in [3.05, 3.63) is 65.7 Å². The van der Waals surface area contributed by atoms with Crippen molar-refractivity contribution < 1.29 is 33.3 Å². The monoisotopic (exact) mass is 492 g/mol. The topological polar surface area (TPSA) is 140 Å². The lowest BCUT2D eigenvalue weighted by molar-refractivity contribution is -0.140. The molecule has 0 atom stereocenters. The summed E-state index contributed by atoms with van der Waals surface area (Å²) in [4.78, 5) is 31.0. The van der Waals surface area contributed by atoms with Crippen molar-refractivity contribution in [3.63, 3.8) is 0 Å². The van der Waals surface area contributed by atoms with E-state index in [0.29, 0.717) is 12.8 Å². The largest absolute Gasteiger partial charge is 0.497 e. The molecule has 0 aliphatic rings. The van der Waals surface area contributed by atoms with Crippen molar-refractivity contribution in [1.29, 1.82) is 0 Å². The Bertz CT molecular complexity index is 833. The van der Waals surface area contributed by atoms with E-state index in [9.17, 15) is 14.4 Å². The minimum absolute atomic E-state index is 0.180. The van der Waals surface area contributed by atoms with E-state index in [1.807, 2.05) is 68.4 Å². The predicted molar refractivity (Wildman–Crippen MR) is 136 cm³/mol. The third kappa shape index (κ3) is 21.8. The maximum absolute atomic E-state index is 10.9. The molecule has 0 fully saturated rings. The number of nitrogens with two attached hydrogens (primary N) is 2. The minimum Gasteiger partial charge on any atom is -0.497 e. The number of methoxy groups -OCH3 is 2. The van der Waals surface area contributed by atoms with Crippen LogP contribution in [-0.2, 0) is 32.0 Å². The van der Waals surface area contributed by atoms with E-state index in [1.54, 1.807) is 27.9 Å². The fraction of sp³-hybridized carbons (Fsp3) is 0.423. The second-order valence-corrected chi connectivity index (χ2v) is 7.55. The van der Waals surface area contributed by atoms with Gasteiger partial charge in [-0.2, -0.15) is 0 Å². The van der Waals surface area contributed by atoms with Gasteiger partial charge in [-0.1, -0.05) is 56.3 Å². The summed E-state index contributed by atoms with van der Waals surface area (Å²) in [6.07, 6.45) is -0.342. The highest BCUT2D eigenvalue weighted by molar-refractivity contribution is 5.69. The zero-order valence-corrected chi connectivity index (χ0v) is 21.8. The molecule has 2 amide bonds. The zero-order valence-electron chi connectivity index (χ0n) is 21.8. The molecule has 2 aromatic carbocycles. The molecule has 2 rings (SSSR count). The van der Waals surface area contributed by atoms with Gasteiger partial charge >= 0.3 is 18.2 Å². The van der Waals surface area contributed by atoms with Gasteiger partial charge in [0.15, 0.2) is 0 Å². The molecule has 4 N–H and O–H groups in total. The lowest BCUT2D eigenvalue weighted by Gasteiger charge is -2.16. The number of rotatable bonds is 6. The van der Waals surface area contributed by atoms with Gasteiger partial charge in [-0.05, 0) is 50.5 Å². The molecular formula is C26H40N2O7. The van der Waals surface area contributed by atoms with Crippen LogP contribution >= 0.6 is 0 Å². The molecule has 0 unspecified atom stereocenters. The van der Waals surface area contributed by atoms with Crippen molar-refractivity contribution in [2.24, 2.45) is 11.5 Å². The fourth-order valence-electron chi connectivity index (χ4n) is 2.17. The van der Waals surface area contributed by atoms with Gasteiger partial charge in [-0.15, -0.1) is 0 Å². The van der Waals surface area contributed by atoms with E-state index >= 15 is 0 Å². The smallest absolute Gasteiger partial charge is 0.405 e. The number of carbonyl (C=O) groups excluding carboxylic acids is 3. The molecule has 0 saturated carbocycles. The average Bonchev–Trinajstić information content (AvgIpc) is 2.82. The molecule has 0 bridgehead atoms. The molecule has 196 valence electrons. The number of aryl methyl sites for hydroxylation is 1. The summed E-state index contributed by atoms with van der Waals surface area (Å²) in [5.74, 6) is 0.646. The summed E-state index contributed by atoms with van der Waals surface area (Å²) in [5, 5.41) is 0. The molecular weight excluding hydrogens is 452 g/mol. The first-order valence-corrected chi connectivity index (χ1v) is 11.1. The third-order valence-electron chi connectivity index (χ3n) is 3.64. The normalized spacial score (nSPS) is 9.34. The summed E-state index contributed by atoms with van der Waals surface area (Å²) in [6, 6.07) is 17.0. The maximum atomic E-state index is 10.9. The van der Waals surface area contributed by atoms with Crippen LogP contribution in [0.15, 0.2) is 54.6 Å². The van der Waals surface area contributed by atoms with Crippen molar-refractivity contribution in [3.8, 4) is 5.75 Å². The van der Waals surface area contributed by atoms with E-state index in [0.717, 1.165) is 16.9 Å². The van der Waals surface area contributed by atoms with Crippen LogP contribution in [0.4, 0.5) is 9.59 Å². The molecule has 0 aromatic heterocycles. The highest BCUT2D eigenvalue weighted by atomic mass is 16.6. The minimum atomic E-state index is -0.742. The zero-order chi connectivity index (χ0) is 27.3. The number of benzene rings is 2. The maximum Gasteiger partial charge on any atom is 0.405 e. The van der Waals surface area contributed by atoms with Crippen LogP contribution in [-0.4, -0.2) is 38.0 Å². The first-order chi connectivity index (χ1) is 16.5. The van der Waals surface area contributed by atoms with E-state index < -0.39 is 17.8 Å². The Morgan fingerprint density at radius 3 is 1.71 bits per heavy atom. The second kappa shape index (κ2) is 19.7. The van der Waals surface area contributed by atoms with E-state index in [1.165, 1.54) is 7.11 Å².